The Hall–Kier alpha value is -2.36. The van der Waals surface area contributed by atoms with E-state index in [1.807, 2.05) is 49.4 Å². The van der Waals surface area contributed by atoms with Crippen molar-refractivity contribution in [1.82, 2.24) is 0 Å². The van der Waals surface area contributed by atoms with Gasteiger partial charge in [0.05, 0.1) is 13.2 Å². The molecule has 0 atom stereocenters. The molecule has 0 amide bonds. The lowest BCUT2D eigenvalue weighted by Gasteiger charge is -2.11. The maximum absolute atomic E-state index is 5.73. The van der Waals surface area contributed by atoms with Gasteiger partial charge in [0.2, 0.25) is 0 Å². The lowest BCUT2D eigenvalue weighted by atomic mass is 10.3. The van der Waals surface area contributed by atoms with E-state index in [1.165, 1.54) is 0 Å². The summed E-state index contributed by atoms with van der Waals surface area (Å²) in [6, 6.07) is 16.2. The first-order valence-corrected chi connectivity index (χ1v) is 8.75. The van der Waals surface area contributed by atoms with E-state index in [2.05, 4.69) is 23.6 Å². The van der Waals surface area contributed by atoms with E-state index in [0.717, 1.165) is 55.4 Å². The zero-order valence-corrected chi connectivity index (χ0v) is 14.7. The van der Waals surface area contributed by atoms with Crippen LogP contribution < -0.4 is 20.1 Å². The predicted molar refractivity (Wildman–Crippen MR) is 101 cm³/mol. The highest BCUT2D eigenvalue weighted by Crippen LogP contribution is 2.18. The molecule has 0 radical (unpaired) electrons. The summed E-state index contributed by atoms with van der Waals surface area (Å²) in [4.78, 5) is 0. The topological polar surface area (TPSA) is 42.5 Å². The summed E-state index contributed by atoms with van der Waals surface area (Å²) in [6.45, 7) is 7.27. The summed E-state index contributed by atoms with van der Waals surface area (Å²) in [5.74, 6) is 1.82. The van der Waals surface area contributed by atoms with Crippen molar-refractivity contribution < 1.29 is 9.47 Å². The van der Waals surface area contributed by atoms with Crippen molar-refractivity contribution in [2.24, 2.45) is 0 Å². The third kappa shape index (κ3) is 6.41. The van der Waals surface area contributed by atoms with Crippen molar-refractivity contribution in [3.8, 4) is 11.5 Å². The van der Waals surface area contributed by atoms with E-state index >= 15 is 0 Å². The van der Waals surface area contributed by atoms with Crippen LogP contribution >= 0.6 is 0 Å². The molecule has 0 spiro atoms. The minimum atomic E-state index is 0.682. The Morgan fingerprint density at radius 3 is 1.92 bits per heavy atom. The zero-order chi connectivity index (χ0) is 17.0. The molecule has 130 valence electrons. The first-order chi connectivity index (χ1) is 11.8. The number of benzene rings is 2. The standard InChI is InChI=1S/C20H28N2O2/c1-3-5-14-24-20-11-7-9-18(16-20)22-13-12-21-17-8-6-10-19(15-17)23-4-2/h6-11,15-16,21-22H,3-5,12-14H2,1-2H3. The molecule has 4 heteroatoms. The van der Waals surface area contributed by atoms with Gasteiger partial charge in [-0.15, -0.1) is 0 Å². The van der Waals surface area contributed by atoms with Crippen LogP contribution in [0.4, 0.5) is 11.4 Å². The van der Waals surface area contributed by atoms with Gasteiger partial charge in [-0.1, -0.05) is 25.5 Å². The van der Waals surface area contributed by atoms with Crippen LogP contribution in [-0.2, 0) is 0 Å². The van der Waals surface area contributed by atoms with Gasteiger partial charge in [-0.2, -0.15) is 0 Å². The number of unbranched alkanes of at least 4 members (excludes halogenated alkanes) is 1. The summed E-state index contributed by atoms with van der Waals surface area (Å²) in [6.07, 6.45) is 2.23. The molecule has 2 rings (SSSR count). The zero-order valence-electron chi connectivity index (χ0n) is 14.7. The second-order valence-electron chi connectivity index (χ2n) is 5.54. The van der Waals surface area contributed by atoms with Crippen LogP contribution in [0.1, 0.15) is 26.7 Å². The van der Waals surface area contributed by atoms with Crippen LogP contribution in [0.25, 0.3) is 0 Å². The van der Waals surface area contributed by atoms with Gasteiger partial charge in [0.15, 0.2) is 0 Å². The molecule has 0 bridgehead atoms. The Kier molecular flexibility index (Phi) is 7.81. The van der Waals surface area contributed by atoms with Gasteiger partial charge in [0.1, 0.15) is 11.5 Å². The van der Waals surface area contributed by atoms with Crippen molar-refractivity contribution >= 4 is 11.4 Å². The third-order valence-electron chi connectivity index (χ3n) is 3.53. The monoisotopic (exact) mass is 328 g/mol. The van der Waals surface area contributed by atoms with Crippen LogP contribution in [0.5, 0.6) is 11.5 Å². The lowest BCUT2D eigenvalue weighted by Crippen LogP contribution is -2.13. The Labute approximate surface area is 145 Å². The van der Waals surface area contributed by atoms with E-state index in [1.54, 1.807) is 0 Å². The molecule has 0 saturated carbocycles. The van der Waals surface area contributed by atoms with Gasteiger partial charge < -0.3 is 20.1 Å². The number of rotatable bonds is 11. The van der Waals surface area contributed by atoms with Crippen LogP contribution in [0, 0.1) is 0 Å². The Balaban J connectivity index is 1.74. The smallest absolute Gasteiger partial charge is 0.121 e. The van der Waals surface area contributed by atoms with Gasteiger partial charge in [-0.3, -0.25) is 0 Å². The normalized spacial score (nSPS) is 10.2. The average Bonchev–Trinajstić information content (AvgIpc) is 2.60. The fourth-order valence-electron chi connectivity index (χ4n) is 2.31. The van der Waals surface area contributed by atoms with Gasteiger partial charge in [-0.05, 0) is 37.6 Å². The average molecular weight is 328 g/mol. The summed E-state index contributed by atoms with van der Waals surface area (Å²) in [7, 11) is 0. The Bertz CT molecular complexity index is 602. The van der Waals surface area contributed by atoms with Gasteiger partial charge in [0, 0.05) is 36.6 Å². The molecule has 0 aromatic heterocycles. The second-order valence-corrected chi connectivity index (χ2v) is 5.54. The minimum absolute atomic E-state index is 0.682. The Morgan fingerprint density at radius 2 is 1.38 bits per heavy atom. The van der Waals surface area contributed by atoms with Crippen LogP contribution in [-0.4, -0.2) is 26.3 Å². The number of nitrogens with one attached hydrogen (secondary N) is 2. The molecule has 0 heterocycles. The highest BCUT2D eigenvalue weighted by molar-refractivity contribution is 5.50. The summed E-state index contributed by atoms with van der Waals surface area (Å²) < 4.78 is 11.2. The highest BCUT2D eigenvalue weighted by Gasteiger charge is 1.98. The molecule has 0 aliphatic carbocycles. The molecule has 0 aliphatic rings. The van der Waals surface area contributed by atoms with E-state index in [4.69, 9.17) is 9.47 Å². The molecular formula is C20H28N2O2. The van der Waals surface area contributed by atoms with Crippen molar-refractivity contribution in [2.75, 3.05) is 36.9 Å². The lowest BCUT2D eigenvalue weighted by molar-refractivity contribution is 0.309. The SMILES string of the molecule is CCCCOc1cccc(NCCNc2cccc(OCC)c2)c1. The molecule has 0 saturated heterocycles. The van der Waals surface area contributed by atoms with Crippen LogP contribution in [0.2, 0.25) is 0 Å². The molecule has 24 heavy (non-hydrogen) atoms. The fourth-order valence-corrected chi connectivity index (χ4v) is 2.31. The maximum atomic E-state index is 5.73. The predicted octanol–water partition coefficient (Wildman–Crippen LogP) is 4.79. The molecule has 4 nitrogen and oxygen atoms in total. The van der Waals surface area contributed by atoms with Crippen molar-refractivity contribution in [2.45, 2.75) is 26.7 Å². The molecule has 0 aliphatic heterocycles. The first-order valence-electron chi connectivity index (χ1n) is 8.75. The molecule has 0 fully saturated rings. The third-order valence-corrected chi connectivity index (χ3v) is 3.53. The Morgan fingerprint density at radius 1 is 0.792 bits per heavy atom. The van der Waals surface area contributed by atoms with Gasteiger partial charge >= 0.3 is 0 Å². The fraction of sp³-hybridized carbons (Fsp3) is 0.400. The first kappa shape index (κ1) is 18.0. The summed E-state index contributed by atoms with van der Waals surface area (Å²) in [5.41, 5.74) is 2.15. The number of ether oxygens (including phenoxy) is 2. The van der Waals surface area contributed by atoms with Gasteiger partial charge in [0.25, 0.3) is 0 Å². The maximum Gasteiger partial charge on any atom is 0.121 e. The quantitative estimate of drug-likeness (QED) is 0.582. The summed E-state index contributed by atoms with van der Waals surface area (Å²) >= 11 is 0. The molecule has 0 unspecified atom stereocenters. The van der Waals surface area contributed by atoms with Crippen molar-refractivity contribution in [3.63, 3.8) is 0 Å². The minimum Gasteiger partial charge on any atom is -0.494 e. The largest absolute Gasteiger partial charge is 0.494 e. The van der Waals surface area contributed by atoms with Crippen LogP contribution in [0.15, 0.2) is 48.5 Å². The van der Waals surface area contributed by atoms with Crippen molar-refractivity contribution in [1.29, 1.82) is 0 Å². The van der Waals surface area contributed by atoms with Crippen molar-refractivity contribution in [3.05, 3.63) is 48.5 Å². The van der Waals surface area contributed by atoms with E-state index < -0.39 is 0 Å². The van der Waals surface area contributed by atoms with E-state index in [9.17, 15) is 0 Å². The number of hydrogen-bond acceptors (Lipinski definition) is 4. The molecule has 2 aromatic rings. The van der Waals surface area contributed by atoms with E-state index in [0.29, 0.717) is 6.61 Å². The highest BCUT2D eigenvalue weighted by atomic mass is 16.5. The van der Waals surface area contributed by atoms with Crippen LogP contribution in [0.3, 0.4) is 0 Å². The number of hydrogen-bond donors (Lipinski definition) is 2. The molecular weight excluding hydrogens is 300 g/mol. The molecule has 2 aromatic carbocycles. The van der Waals surface area contributed by atoms with E-state index in [-0.39, 0.29) is 0 Å². The molecule has 2 N–H and O–H groups in total. The number of anilines is 2. The second kappa shape index (κ2) is 10.4. The summed E-state index contributed by atoms with van der Waals surface area (Å²) in [5, 5.41) is 6.81. The van der Waals surface area contributed by atoms with Gasteiger partial charge in [-0.25, -0.2) is 0 Å².